The topological polar surface area (TPSA) is 50.4 Å². The Morgan fingerprint density at radius 1 is 1.42 bits per heavy atom. The first-order valence-corrected chi connectivity index (χ1v) is 6.61. The van der Waals surface area contributed by atoms with Crippen LogP contribution in [0.1, 0.15) is 19.3 Å². The van der Waals surface area contributed by atoms with Crippen LogP contribution in [0.2, 0.25) is 0 Å². The lowest BCUT2D eigenvalue weighted by atomic mass is 10.1. The number of para-hydroxylation sites is 1. The first kappa shape index (κ1) is 14.0. The molecule has 0 bridgehead atoms. The minimum Gasteiger partial charge on any atom is -0.370 e. The van der Waals surface area contributed by atoms with Crippen molar-refractivity contribution < 1.29 is 13.9 Å². The van der Waals surface area contributed by atoms with Crippen LogP contribution in [-0.4, -0.2) is 31.7 Å². The molecular formula is C14H19FN2O2. The summed E-state index contributed by atoms with van der Waals surface area (Å²) in [6.45, 7) is 1.48. The molecule has 104 valence electrons. The zero-order valence-electron chi connectivity index (χ0n) is 10.8. The summed E-state index contributed by atoms with van der Waals surface area (Å²) in [4.78, 5) is 11.6. The number of anilines is 1. The number of nitrogens with one attached hydrogen (secondary N) is 2. The van der Waals surface area contributed by atoms with Crippen molar-refractivity contribution in [1.82, 2.24) is 5.32 Å². The van der Waals surface area contributed by atoms with Crippen LogP contribution < -0.4 is 10.6 Å². The van der Waals surface area contributed by atoms with Gasteiger partial charge in [0.15, 0.2) is 0 Å². The van der Waals surface area contributed by atoms with Crippen LogP contribution in [0.5, 0.6) is 0 Å². The van der Waals surface area contributed by atoms with E-state index in [4.69, 9.17) is 4.74 Å². The van der Waals surface area contributed by atoms with Gasteiger partial charge in [-0.2, -0.15) is 0 Å². The monoisotopic (exact) mass is 266 g/mol. The summed E-state index contributed by atoms with van der Waals surface area (Å²) in [5.74, 6) is -0.772. The molecule has 1 unspecified atom stereocenters. The van der Waals surface area contributed by atoms with Gasteiger partial charge in [0.1, 0.15) is 12.4 Å². The van der Waals surface area contributed by atoms with E-state index in [2.05, 4.69) is 10.6 Å². The van der Waals surface area contributed by atoms with Crippen molar-refractivity contribution in [2.75, 3.05) is 25.1 Å². The molecule has 1 saturated heterocycles. The largest absolute Gasteiger partial charge is 0.370 e. The Labute approximate surface area is 112 Å². The fraction of sp³-hybridized carbons (Fsp3) is 0.500. The van der Waals surface area contributed by atoms with Gasteiger partial charge < -0.3 is 15.4 Å². The second-order valence-corrected chi connectivity index (χ2v) is 4.69. The summed E-state index contributed by atoms with van der Waals surface area (Å²) in [5.41, 5.74) is 0.187. The van der Waals surface area contributed by atoms with Crippen molar-refractivity contribution in [3.8, 4) is 0 Å². The Morgan fingerprint density at radius 3 is 3.00 bits per heavy atom. The number of carbonyl (C=O) groups is 1. The zero-order valence-corrected chi connectivity index (χ0v) is 10.8. The number of piperidine rings is 1. The molecule has 1 aliphatic rings. The van der Waals surface area contributed by atoms with Crippen molar-refractivity contribution in [2.24, 2.45) is 0 Å². The van der Waals surface area contributed by atoms with E-state index in [1.807, 2.05) is 0 Å². The van der Waals surface area contributed by atoms with E-state index in [1.54, 1.807) is 12.1 Å². The summed E-state index contributed by atoms with van der Waals surface area (Å²) >= 11 is 0. The number of rotatable bonds is 5. The molecule has 0 spiro atoms. The quantitative estimate of drug-likeness (QED) is 0.856. The number of hydrogen-bond donors (Lipinski definition) is 2. The Morgan fingerprint density at radius 2 is 2.26 bits per heavy atom. The van der Waals surface area contributed by atoms with Crippen LogP contribution >= 0.6 is 0 Å². The van der Waals surface area contributed by atoms with E-state index in [1.165, 1.54) is 25.0 Å². The minimum atomic E-state index is -0.440. The molecular weight excluding hydrogens is 247 g/mol. The lowest BCUT2D eigenvalue weighted by Gasteiger charge is -2.23. The predicted molar refractivity (Wildman–Crippen MR) is 71.5 cm³/mol. The minimum absolute atomic E-state index is 0.0491. The van der Waals surface area contributed by atoms with Crippen molar-refractivity contribution >= 4 is 11.6 Å². The predicted octanol–water partition coefficient (Wildman–Crippen LogP) is 1.92. The van der Waals surface area contributed by atoms with Gasteiger partial charge in [0.25, 0.3) is 0 Å². The summed E-state index contributed by atoms with van der Waals surface area (Å²) in [7, 11) is 0. The molecule has 0 aliphatic carbocycles. The second kappa shape index (κ2) is 7.21. The summed E-state index contributed by atoms with van der Waals surface area (Å²) < 4.78 is 18.6. The first-order chi connectivity index (χ1) is 9.25. The number of hydrogen-bond acceptors (Lipinski definition) is 3. The summed E-state index contributed by atoms with van der Waals surface area (Å²) in [5, 5.41) is 5.82. The second-order valence-electron chi connectivity index (χ2n) is 4.69. The van der Waals surface area contributed by atoms with E-state index in [-0.39, 0.29) is 18.2 Å². The van der Waals surface area contributed by atoms with Gasteiger partial charge in [-0.25, -0.2) is 4.39 Å². The fourth-order valence-electron chi connectivity index (χ4n) is 2.11. The molecule has 1 fully saturated rings. The van der Waals surface area contributed by atoms with Crippen LogP contribution in [0.15, 0.2) is 24.3 Å². The van der Waals surface area contributed by atoms with E-state index >= 15 is 0 Å². The van der Waals surface area contributed by atoms with Crippen LogP contribution in [0.25, 0.3) is 0 Å². The van der Waals surface area contributed by atoms with Crippen molar-refractivity contribution in [1.29, 1.82) is 0 Å². The lowest BCUT2D eigenvalue weighted by molar-refractivity contribution is -0.120. The fourth-order valence-corrected chi connectivity index (χ4v) is 2.11. The van der Waals surface area contributed by atoms with Crippen molar-refractivity contribution in [3.63, 3.8) is 0 Å². The maximum atomic E-state index is 13.3. The molecule has 1 aliphatic heterocycles. The maximum Gasteiger partial charge on any atom is 0.250 e. The van der Waals surface area contributed by atoms with E-state index in [9.17, 15) is 9.18 Å². The average molecular weight is 266 g/mol. The Hall–Kier alpha value is -1.46. The van der Waals surface area contributed by atoms with Gasteiger partial charge in [-0.3, -0.25) is 4.79 Å². The number of halogens is 1. The first-order valence-electron chi connectivity index (χ1n) is 6.61. The smallest absolute Gasteiger partial charge is 0.250 e. The molecule has 19 heavy (non-hydrogen) atoms. The van der Waals surface area contributed by atoms with Gasteiger partial charge in [0.05, 0.1) is 12.3 Å². The molecule has 4 nitrogen and oxygen atoms in total. The SMILES string of the molecule is O=C(COCC1CCCCN1)Nc1ccccc1F. The van der Waals surface area contributed by atoms with E-state index < -0.39 is 5.82 Å². The van der Waals surface area contributed by atoms with Crippen molar-refractivity contribution in [3.05, 3.63) is 30.1 Å². The Kier molecular flexibility index (Phi) is 5.30. The molecule has 1 aromatic rings. The van der Waals surface area contributed by atoms with Crippen LogP contribution in [0.3, 0.4) is 0 Å². The highest BCUT2D eigenvalue weighted by Gasteiger charge is 2.13. The third kappa shape index (κ3) is 4.61. The number of benzene rings is 1. The average Bonchev–Trinajstić information content (AvgIpc) is 2.43. The normalized spacial score (nSPS) is 19.1. The molecule has 5 heteroatoms. The molecule has 1 aromatic carbocycles. The highest BCUT2D eigenvalue weighted by atomic mass is 19.1. The lowest BCUT2D eigenvalue weighted by Crippen LogP contribution is -2.38. The maximum absolute atomic E-state index is 13.3. The molecule has 1 heterocycles. The molecule has 0 aromatic heterocycles. The molecule has 2 N–H and O–H groups in total. The standard InChI is InChI=1S/C14H19FN2O2/c15-12-6-1-2-7-13(12)17-14(18)10-19-9-11-5-3-4-8-16-11/h1-2,6-7,11,16H,3-5,8-10H2,(H,17,18). The Bertz CT molecular complexity index is 420. The van der Waals surface area contributed by atoms with Crippen LogP contribution in [-0.2, 0) is 9.53 Å². The van der Waals surface area contributed by atoms with E-state index in [0.717, 1.165) is 13.0 Å². The summed E-state index contributed by atoms with van der Waals surface area (Å²) in [6.07, 6.45) is 3.47. The van der Waals surface area contributed by atoms with Crippen LogP contribution in [0, 0.1) is 5.82 Å². The number of carbonyl (C=O) groups excluding carboxylic acids is 1. The van der Waals surface area contributed by atoms with Gasteiger partial charge >= 0.3 is 0 Å². The van der Waals surface area contributed by atoms with Gasteiger partial charge in [0, 0.05) is 6.04 Å². The van der Waals surface area contributed by atoms with Crippen molar-refractivity contribution in [2.45, 2.75) is 25.3 Å². The number of amides is 1. The van der Waals surface area contributed by atoms with E-state index in [0.29, 0.717) is 12.6 Å². The highest BCUT2D eigenvalue weighted by Crippen LogP contribution is 2.12. The zero-order chi connectivity index (χ0) is 13.5. The highest BCUT2D eigenvalue weighted by molar-refractivity contribution is 5.91. The Balaban J connectivity index is 1.68. The van der Waals surface area contributed by atoms with Gasteiger partial charge in [0.2, 0.25) is 5.91 Å². The molecule has 1 atom stereocenters. The van der Waals surface area contributed by atoms with Gasteiger partial charge in [-0.1, -0.05) is 18.6 Å². The van der Waals surface area contributed by atoms with Gasteiger partial charge in [-0.05, 0) is 31.5 Å². The van der Waals surface area contributed by atoms with Gasteiger partial charge in [-0.15, -0.1) is 0 Å². The third-order valence-corrected chi connectivity index (χ3v) is 3.11. The molecule has 0 saturated carbocycles. The van der Waals surface area contributed by atoms with Crippen LogP contribution in [0.4, 0.5) is 10.1 Å². The molecule has 2 rings (SSSR count). The third-order valence-electron chi connectivity index (χ3n) is 3.11. The number of ether oxygens (including phenoxy) is 1. The molecule has 1 amide bonds. The summed E-state index contributed by atoms with van der Waals surface area (Å²) in [6, 6.07) is 6.41. The molecule has 0 radical (unpaired) electrons.